The number of para-hydroxylation sites is 1. The Kier molecular flexibility index (Phi) is 3.91. The zero-order valence-corrected chi connectivity index (χ0v) is 10.9. The van der Waals surface area contributed by atoms with Gasteiger partial charge in [0.15, 0.2) is 0 Å². The van der Waals surface area contributed by atoms with Gasteiger partial charge in [-0.25, -0.2) is 0 Å². The number of nitriles is 1. The van der Waals surface area contributed by atoms with Crippen LogP contribution in [0.3, 0.4) is 0 Å². The average molecular weight is 294 g/mol. The molecule has 0 aromatic heterocycles. The first kappa shape index (κ1) is 14.3. The second-order valence-corrected chi connectivity index (χ2v) is 4.98. The third kappa shape index (κ3) is 2.89. The number of rotatable bonds is 2. The molecule has 0 bridgehead atoms. The lowest BCUT2D eigenvalue weighted by Gasteiger charge is -2.14. The molecule has 0 amide bonds. The zero-order chi connectivity index (χ0) is 14.8. The largest absolute Gasteiger partial charge is 0.417 e. The van der Waals surface area contributed by atoms with E-state index in [1.54, 1.807) is 30.3 Å². The van der Waals surface area contributed by atoms with E-state index in [0.717, 1.165) is 17.8 Å². The SMILES string of the molecule is N#Cc1cccc(C(F)(F)F)c1Sc1ccccc1N. The Morgan fingerprint density at radius 2 is 1.75 bits per heavy atom. The number of hydrogen-bond donors (Lipinski definition) is 1. The minimum Gasteiger partial charge on any atom is -0.398 e. The van der Waals surface area contributed by atoms with Crippen LogP contribution in [0, 0.1) is 11.3 Å². The Morgan fingerprint density at radius 1 is 1.05 bits per heavy atom. The van der Waals surface area contributed by atoms with Crippen LogP contribution in [0.4, 0.5) is 18.9 Å². The van der Waals surface area contributed by atoms with Crippen molar-refractivity contribution in [1.82, 2.24) is 0 Å². The maximum Gasteiger partial charge on any atom is 0.417 e. The Labute approximate surface area is 118 Å². The van der Waals surface area contributed by atoms with E-state index in [2.05, 4.69) is 0 Å². The van der Waals surface area contributed by atoms with Gasteiger partial charge in [-0.3, -0.25) is 0 Å². The van der Waals surface area contributed by atoms with Gasteiger partial charge in [-0.2, -0.15) is 18.4 Å². The van der Waals surface area contributed by atoms with Gasteiger partial charge in [0, 0.05) is 15.5 Å². The molecule has 0 aliphatic heterocycles. The third-order valence-corrected chi connectivity index (χ3v) is 3.81. The fourth-order valence-electron chi connectivity index (χ4n) is 1.64. The van der Waals surface area contributed by atoms with Gasteiger partial charge < -0.3 is 5.73 Å². The van der Waals surface area contributed by atoms with Gasteiger partial charge in [0.05, 0.1) is 11.1 Å². The van der Waals surface area contributed by atoms with Crippen LogP contribution in [-0.2, 0) is 6.18 Å². The topological polar surface area (TPSA) is 49.8 Å². The summed E-state index contributed by atoms with van der Waals surface area (Å²) in [6.45, 7) is 0. The van der Waals surface area contributed by atoms with Crippen LogP contribution in [0.15, 0.2) is 52.3 Å². The molecular weight excluding hydrogens is 285 g/mol. The number of anilines is 1. The average Bonchev–Trinajstić information content (AvgIpc) is 2.40. The number of hydrogen-bond acceptors (Lipinski definition) is 3. The molecule has 0 saturated heterocycles. The highest BCUT2D eigenvalue weighted by molar-refractivity contribution is 7.99. The van der Waals surface area contributed by atoms with Gasteiger partial charge in [-0.05, 0) is 24.3 Å². The highest BCUT2D eigenvalue weighted by Gasteiger charge is 2.34. The van der Waals surface area contributed by atoms with Crippen LogP contribution in [0.1, 0.15) is 11.1 Å². The van der Waals surface area contributed by atoms with Gasteiger partial charge in [-0.1, -0.05) is 30.0 Å². The van der Waals surface area contributed by atoms with E-state index >= 15 is 0 Å². The standard InChI is InChI=1S/C14H9F3N2S/c15-14(16,17)10-5-3-4-9(8-18)13(10)20-12-7-2-1-6-11(12)19/h1-7H,19H2. The molecular formula is C14H9F3N2S. The summed E-state index contributed by atoms with van der Waals surface area (Å²) < 4.78 is 39.0. The summed E-state index contributed by atoms with van der Waals surface area (Å²) >= 11 is 0.851. The zero-order valence-electron chi connectivity index (χ0n) is 10.1. The molecule has 0 aliphatic carbocycles. The van der Waals surface area contributed by atoms with Gasteiger partial charge in [0.25, 0.3) is 0 Å². The number of nitrogen functional groups attached to an aromatic ring is 1. The van der Waals surface area contributed by atoms with Crippen LogP contribution in [-0.4, -0.2) is 0 Å². The molecule has 0 unspecified atom stereocenters. The second-order valence-electron chi connectivity index (χ2n) is 3.93. The Hall–Kier alpha value is -2.13. The van der Waals surface area contributed by atoms with Crippen molar-refractivity contribution in [2.75, 3.05) is 5.73 Å². The molecule has 102 valence electrons. The number of halogens is 3. The molecule has 2 aromatic rings. The lowest BCUT2D eigenvalue weighted by molar-refractivity contribution is -0.139. The fourth-order valence-corrected chi connectivity index (χ4v) is 2.71. The molecule has 0 aliphatic rings. The summed E-state index contributed by atoms with van der Waals surface area (Å²) in [6.07, 6.45) is -4.52. The lowest BCUT2D eigenvalue weighted by atomic mass is 10.1. The Bertz CT molecular complexity index is 675. The van der Waals surface area contributed by atoms with Crippen molar-refractivity contribution >= 4 is 17.4 Å². The van der Waals surface area contributed by atoms with E-state index < -0.39 is 11.7 Å². The van der Waals surface area contributed by atoms with E-state index in [9.17, 15) is 13.2 Å². The first-order chi connectivity index (χ1) is 9.43. The number of benzene rings is 2. The smallest absolute Gasteiger partial charge is 0.398 e. The molecule has 2 aromatic carbocycles. The molecule has 0 radical (unpaired) electrons. The van der Waals surface area contributed by atoms with Crippen molar-refractivity contribution < 1.29 is 13.2 Å². The summed E-state index contributed by atoms with van der Waals surface area (Å²) in [5, 5.41) is 8.99. The van der Waals surface area contributed by atoms with Crippen molar-refractivity contribution in [3.05, 3.63) is 53.6 Å². The van der Waals surface area contributed by atoms with Crippen molar-refractivity contribution in [3.8, 4) is 6.07 Å². The summed E-state index contributed by atoms with van der Waals surface area (Å²) in [6, 6.07) is 11.9. The van der Waals surface area contributed by atoms with Gasteiger partial charge in [-0.15, -0.1) is 0 Å². The van der Waals surface area contributed by atoms with Crippen LogP contribution in [0.25, 0.3) is 0 Å². The molecule has 20 heavy (non-hydrogen) atoms. The molecule has 6 heteroatoms. The number of nitrogens with zero attached hydrogens (tertiary/aromatic N) is 1. The normalized spacial score (nSPS) is 11.1. The maximum atomic E-state index is 13.0. The monoisotopic (exact) mass is 294 g/mol. The van der Waals surface area contributed by atoms with E-state index in [1.807, 2.05) is 0 Å². The molecule has 0 atom stereocenters. The molecule has 2 rings (SSSR count). The predicted octanol–water partition coefficient (Wildman–Crippen LogP) is 4.31. The van der Waals surface area contributed by atoms with Crippen molar-refractivity contribution in [2.24, 2.45) is 0 Å². The molecule has 2 N–H and O–H groups in total. The third-order valence-electron chi connectivity index (χ3n) is 2.57. The highest BCUT2D eigenvalue weighted by Crippen LogP contribution is 2.42. The molecule has 2 nitrogen and oxygen atoms in total. The van der Waals surface area contributed by atoms with E-state index in [4.69, 9.17) is 11.0 Å². The summed E-state index contributed by atoms with van der Waals surface area (Å²) in [5.74, 6) is 0. The fraction of sp³-hybridized carbons (Fsp3) is 0.0714. The number of nitrogens with two attached hydrogens (primary N) is 1. The second kappa shape index (κ2) is 5.47. The van der Waals surface area contributed by atoms with E-state index in [-0.39, 0.29) is 10.5 Å². The van der Waals surface area contributed by atoms with E-state index in [0.29, 0.717) is 10.6 Å². The van der Waals surface area contributed by atoms with Crippen molar-refractivity contribution in [1.29, 1.82) is 5.26 Å². The van der Waals surface area contributed by atoms with Crippen molar-refractivity contribution in [3.63, 3.8) is 0 Å². The first-order valence-electron chi connectivity index (χ1n) is 5.56. The van der Waals surface area contributed by atoms with Crippen LogP contribution >= 0.6 is 11.8 Å². The van der Waals surface area contributed by atoms with Crippen molar-refractivity contribution in [2.45, 2.75) is 16.0 Å². The summed E-state index contributed by atoms with van der Waals surface area (Å²) in [5.41, 5.74) is 5.26. The van der Waals surface area contributed by atoms with Gasteiger partial charge in [0.2, 0.25) is 0 Å². The summed E-state index contributed by atoms with van der Waals surface area (Å²) in [7, 11) is 0. The first-order valence-corrected chi connectivity index (χ1v) is 6.38. The van der Waals surface area contributed by atoms with E-state index in [1.165, 1.54) is 12.1 Å². The van der Waals surface area contributed by atoms with Crippen LogP contribution in [0.5, 0.6) is 0 Å². The van der Waals surface area contributed by atoms with Gasteiger partial charge in [0.1, 0.15) is 6.07 Å². The molecule has 0 spiro atoms. The number of alkyl halides is 3. The highest BCUT2D eigenvalue weighted by atomic mass is 32.2. The Morgan fingerprint density at radius 3 is 2.35 bits per heavy atom. The van der Waals surface area contributed by atoms with Gasteiger partial charge >= 0.3 is 6.18 Å². The van der Waals surface area contributed by atoms with Crippen LogP contribution in [0.2, 0.25) is 0 Å². The Balaban J connectivity index is 2.56. The maximum absolute atomic E-state index is 13.0. The minimum absolute atomic E-state index is 0.0203. The molecule has 0 fully saturated rings. The lowest BCUT2D eigenvalue weighted by Crippen LogP contribution is -2.07. The predicted molar refractivity (Wildman–Crippen MR) is 71.1 cm³/mol. The molecule has 0 saturated carbocycles. The van der Waals surface area contributed by atoms with Crippen LogP contribution < -0.4 is 5.73 Å². The molecule has 0 heterocycles. The summed E-state index contributed by atoms with van der Waals surface area (Å²) in [4.78, 5) is 0.362. The quantitative estimate of drug-likeness (QED) is 0.840. The minimum atomic E-state index is -4.52.